The molecule has 1 unspecified atom stereocenters. The Morgan fingerprint density at radius 2 is 2.31 bits per heavy atom. The van der Waals surface area contributed by atoms with Gasteiger partial charge in [0.2, 0.25) is 0 Å². The molecule has 1 heterocycles. The molecule has 0 aliphatic heterocycles. The van der Waals surface area contributed by atoms with Crippen molar-refractivity contribution in [3.8, 4) is 0 Å². The van der Waals surface area contributed by atoms with Crippen molar-refractivity contribution in [2.24, 2.45) is 0 Å². The van der Waals surface area contributed by atoms with E-state index in [2.05, 4.69) is 17.2 Å². The van der Waals surface area contributed by atoms with E-state index in [1.165, 1.54) is 18.4 Å². The molecular weight excluding hydrogens is 162 g/mol. The summed E-state index contributed by atoms with van der Waals surface area (Å²) in [5.41, 5.74) is 6.72. The number of rotatable bonds is 3. The molecule has 0 spiro atoms. The van der Waals surface area contributed by atoms with E-state index in [-0.39, 0.29) is 0 Å². The first-order valence-corrected chi connectivity index (χ1v) is 4.73. The molecule has 0 saturated heterocycles. The minimum Gasteiger partial charge on any atom is -0.384 e. The molecule has 0 radical (unpaired) electrons. The Kier molecular flexibility index (Phi) is 2.19. The van der Waals surface area contributed by atoms with Crippen LogP contribution >= 0.6 is 0 Å². The number of nitrogens with one attached hydrogen (secondary N) is 1. The van der Waals surface area contributed by atoms with Gasteiger partial charge in [0.1, 0.15) is 5.82 Å². The molecule has 2 rings (SSSR count). The van der Waals surface area contributed by atoms with Crippen molar-refractivity contribution in [1.29, 1.82) is 0 Å². The Morgan fingerprint density at radius 1 is 1.54 bits per heavy atom. The minimum atomic E-state index is 0.389. The SMILES string of the molecule is CC(NC1CC1)c1ccc(N)nc1. The van der Waals surface area contributed by atoms with Gasteiger partial charge in [-0.15, -0.1) is 0 Å². The summed E-state index contributed by atoms with van der Waals surface area (Å²) in [7, 11) is 0. The van der Waals surface area contributed by atoms with Gasteiger partial charge in [0.05, 0.1) is 0 Å². The average Bonchev–Trinajstić information content (AvgIpc) is 2.89. The lowest BCUT2D eigenvalue weighted by Gasteiger charge is -2.12. The van der Waals surface area contributed by atoms with Crippen molar-refractivity contribution in [1.82, 2.24) is 10.3 Å². The lowest BCUT2D eigenvalue weighted by molar-refractivity contribution is 0.569. The molecule has 1 fully saturated rings. The maximum absolute atomic E-state index is 5.51. The summed E-state index contributed by atoms with van der Waals surface area (Å²) < 4.78 is 0. The number of anilines is 1. The zero-order valence-corrected chi connectivity index (χ0v) is 7.83. The van der Waals surface area contributed by atoms with Gasteiger partial charge < -0.3 is 11.1 Å². The summed E-state index contributed by atoms with van der Waals surface area (Å²) in [6, 6.07) is 5.00. The van der Waals surface area contributed by atoms with Gasteiger partial charge in [0.25, 0.3) is 0 Å². The molecule has 70 valence electrons. The van der Waals surface area contributed by atoms with Crippen LogP contribution in [0.1, 0.15) is 31.4 Å². The van der Waals surface area contributed by atoms with Crippen molar-refractivity contribution in [2.75, 3.05) is 5.73 Å². The largest absolute Gasteiger partial charge is 0.384 e. The monoisotopic (exact) mass is 177 g/mol. The topological polar surface area (TPSA) is 50.9 Å². The highest BCUT2D eigenvalue weighted by molar-refractivity contribution is 5.30. The van der Waals surface area contributed by atoms with Gasteiger partial charge in [-0.2, -0.15) is 0 Å². The second-order valence-electron chi connectivity index (χ2n) is 3.68. The van der Waals surface area contributed by atoms with E-state index < -0.39 is 0 Å². The molecule has 3 heteroatoms. The van der Waals surface area contributed by atoms with Crippen molar-refractivity contribution in [2.45, 2.75) is 31.8 Å². The van der Waals surface area contributed by atoms with Gasteiger partial charge in [0, 0.05) is 18.3 Å². The molecule has 1 aromatic heterocycles. The smallest absolute Gasteiger partial charge is 0.123 e. The summed E-state index contributed by atoms with van der Waals surface area (Å²) >= 11 is 0. The number of aromatic nitrogens is 1. The minimum absolute atomic E-state index is 0.389. The highest BCUT2D eigenvalue weighted by atomic mass is 15.0. The van der Waals surface area contributed by atoms with Gasteiger partial charge in [-0.05, 0) is 31.4 Å². The van der Waals surface area contributed by atoms with Gasteiger partial charge >= 0.3 is 0 Å². The number of hydrogen-bond donors (Lipinski definition) is 2. The van der Waals surface area contributed by atoms with Crippen molar-refractivity contribution in [3.05, 3.63) is 23.9 Å². The van der Waals surface area contributed by atoms with E-state index in [9.17, 15) is 0 Å². The second-order valence-corrected chi connectivity index (χ2v) is 3.68. The summed E-state index contributed by atoms with van der Waals surface area (Å²) in [4.78, 5) is 4.07. The second kappa shape index (κ2) is 3.34. The Morgan fingerprint density at radius 3 is 2.85 bits per heavy atom. The van der Waals surface area contributed by atoms with Crippen LogP contribution in [0, 0.1) is 0 Å². The molecule has 3 N–H and O–H groups in total. The molecule has 13 heavy (non-hydrogen) atoms. The molecule has 0 bridgehead atoms. The molecule has 1 atom stereocenters. The van der Waals surface area contributed by atoms with Crippen LogP contribution in [-0.2, 0) is 0 Å². The quantitative estimate of drug-likeness (QED) is 0.735. The predicted octanol–water partition coefficient (Wildman–Crippen LogP) is 1.48. The van der Waals surface area contributed by atoms with Crippen molar-refractivity contribution in [3.63, 3.8) is 0 Å². The molecule has 1 saturated carbocycles. The summed E-state index contributed by atoms with van der Waals surface area (Å²) in [5, 5.41) is 3.51. The molecule has 1 aromatic rings. The van der Waals surface area contributed by atoms with Crippen molar-refractivity contribution >= 4 is 5.82 Å². The number of nitrogen functional groups attached to an aromatic ring is 1. The predicted molar refractivity (Wildman–Crippen MR) is 53.2 cm³/mol. The van der Waals surface area contributed by atoms with E-state index in [1.807, 2.05) is 18.3 Å². The van der Waals surface area contributed by atoms with E-state index in [1.54, 1.807) is 0 Å². The Bertz CT molecular complexity index is 277. The van der Waals surface area contributed by atoms with Crippen LogP contribution in [0.4, 0.5) is 5.82 Å². The summed E-state index contributed by atoms with van der Waals surface area (Å²) in [6.07, 6.45) is 4.47. The molecule has 1 aliphatic carbocycles. The third kappa shape index (κ3) is 2.18. The first kappa shape index (κ1) is 8.51. The van der Waals surface area contributed by atoms with E-state index >= 15 is 0 Å². The number of nitrogens with two attached hydrogens (primary N) is 1. The van der Waals surface area contributed by atoms with Gasteiger partial charge in [-0.1, -0.05) is 6.07 Å². The molecule has 3 nitrogen and oxygen atoms in total. The van der Waals surface area contributed by atoms with Crippen LogP contribution in [0.3, 0.4) is 0 Å². The maximum atomic E-state index is 5.51. The van der Waals surface area contributed by atoms with Gasteiger partial charge in [-0.25, -0.2) is 4.98 Å². The lowest BCUT2D eigenvalue weighted by atomic mass is 10.1. The summed E-state index contributed by atoms with van der Waals surface area (Å²) in [5.74, 6) is 0.586. The molecule has 1 aliphatic rings. The van der Waals surface area contributed by atoms with Crippen LogP contribution in [-0.4, -0.2) is 11.0 Å². The fourth-order valence-electron chi connectivity index (χ4n) is 1.37. The van der Waals surface area contributed by atoms with Crippen LogP contribution in [0.15, 0.2) is 18.3 Å². The number of hydrogen-bond acceptors (Lipinski definition) is 3. The van der Waals surface area contributed by atoms with Crippen LogP contribution in [0.2, 0.25) is 0 Å². The maximum Gasteiger partial charge on any atom is 0.123 e. The highest BCUT2D eigenvalue weighted by Crippen LogP contribution is 2.23. The van der Waals surface area contributed by atoms with Crippen LogP contribution < -0.4 is 11.1 Å². The normalized spacial score (nSPS) is 18.5. The van der Waals surface area contributed by atoms with Crippen molar-refractivity contribution < 1.29 is 0 Å². The highest BCUT2D eigenvalue weighted by Gasteiger charge is 2.23. The summed E-state index contributed by atoms with van der Waals surface area (Å²) in [6.45, 7) is 2.16. The number of nitrogens with zero attached hydrogens (tertiary/aromatic N) is 1. The fourth-order valence-corrected chi connectivity index (χ4v) is 1.37. The van der Waals surface area contributed by atoms with Gasteiger partial charge in [0.15, 0.2) is 0 Å². The van der Waals surface area contributed by atoms with E-state index in [0.29, 0.717) is 11.9 Å². The zero-order valence-electron chi connectivity index (χ0n) is 7.83. The van der Waals surface area contributed by atoms with Crippen LogP contribution in [0.25, 0.3) is 0 Å². The van der Waals surface area contributed by atoms with Crippen LogP contribution in [0.5, 0.6) is 0 Å². The third-order valence-electron chi connectivity index (χ3n) is 2.37. The first-order valence-electron chi connectivity index (χ1n) is 4.73. The number of pyridine rings is 1. The standard InChI is InChI=1S/C10H15N3/c1-7(13-9-3-4-9)8-2-5-10(11)12-6-8/h2,5-7,9,13H,3-4H2,1H3,(H2,11,12). The van der Waals surface area contributed by atoms with E-state index in [4.69, 9.17) is 5.73 Å². The molecule has 0 aromatic carbocycles. The Labute approximate surface area is 78.4 Å². The fraction of sp³-hybridized carbons (Fsp3) is 0.500. The van der Waals surface area contributed by atoms with E-state index in [0.717, 1.165) is 6.04 Å². The van der Waals surface area contributed by atoms with Gasteiger partial charge in [-0.3, -0.25) is 0 Å². The first-order chi connectivity index (χ1) is 6.25. The molecular formula is C10H15N3. The zero-order chi connectivity index (χ0) is 9.26. The lowest BCUT2D eigenvalue weighted by Crippen LogP contribution is -2.20. The average molecular weight is 177 g/mol. The third-order valence-corrected chi connectivity index (χ3v) is 2.37. The Hall–Kier alpha value is -1.09. The molecule has 0 amide bonds. The Balaban J connectivity index is 2.01.